The van der Waals surface area contributed by atoms with E-state index in [1.54, 1.807) is 30.3 Å². The molecule has 2 heterocycles. The van der Waals surface area contributed by atoms with E-state index >= 15 is 0 Å². The van der Waals surface area contributed by atoms with Crippen LogP contribution in [-0.4, -0.2) is 58.9 Å². The highest BCUT2D eigenvalue weighted by atomic mass is 35.5. The molecule has 0 bridgehead atoms. The van der Waals surface area contributed by atoms with Crippen LogP contribution in [0.4, 0.5) is 4.79 Å². The van der Waals surface area contributed by atoms with Crippen LogP contribution in [0.2, 0.25) is 5.02 Å². The van der Waals surface area contributed by atoms with Gasteiger partial charge in [-0.2, -0.15) is 0 Å². The van der Waals surface area contributed by atoms with Crippen molar-refractivity contribution in [3.05, 3.63) is 88.7 Å². The summed E-state index contributed by atoms with van der Waals surface area (Å²) in [7, 11) is 1.53. The Labute approximate surface area is 242 Å². The fraction of sp³-hybridized carbons (Fsp3) is 0.276. The number of ether oxygens (including phenoxy) is 1. The van der Waals surface area contributed by atoms with Gasteiger partial charge in [-0.1, -0.05) is 36.7 Å². The van der Waals surface area contributed by atoms with Crippen LogP contribution in [0.1, 0.15) is 41.0 Å². The Hall–Kier alpha value is -4.64. The first kappa shape index (κ1) is 29.3. The fourth-order valence-electron chi connectivity index (χ4n) is 4.35. The van der Waals surface area contributed by atoms with Crippen LogP contribution < -0.4 is 20.4 Å². The number of nitrogens with zero attached hydrogens (tertiary/aromatic N) is 3. The van der Waals surface area contributed by atoms with Gasteiger partial charge in [0.25, 0.3) is 0 Å². The van der Waals surface area contributed by atoms with Gasteiger partial charge in [-0.05, 0) is 60.9 Å². The van der Waals surface area contributed by atoms with E-state index in [-0.39, 0.29) is 30.9 Å². The number of carboxylic acids is 1. The first-order chi connectivity index (χ1) is 19.8. The molecule has 2 aromatic carbocycles. The highest BCUT2D eigenvalue weighted by Gasteiger charge is 2.34. The van der Waals surface area contributed by atoms with Crippen LogP contribution in [0.25, 0.3) is 0 Å². The second-order valence-electron chi connectivity index (χ2n) is 9.27. The average molecular weight is 580 g/mol. The molecule has 12 heteroatoms. The number of aliphatic imine (C=N–C) groups is 1. The molecule has 1 aliphatic rings. The first-order valence-electron chi connectivity index (χ1n) is 12.9. The number of aromatic carboxylic acids is 1. The minimum absolute atomic E-state index is 0.0424. The number of benzene rings is 2. The van der Waals surface area contributed by atoms with Crippen molar-refractivity contribution in [2.45, 2.75) is 25.8 Å². The van der Waals surface area contributed by atoms with Crippen molar-refractivity contribution >= 4 is 35.3 Å². The van der Waals surface area contributed by atoms with Crippen LogP contribution in [0.3, 0.4) is 0 Å². The van der Waals surface area contributed by atoms with E-state index in [0.717, 1.165) is 4.90 Å². The van der Waals surface area contributed by atoms with Gasteiger partial charge in [0.15, 0.2) is 11.6 Å². The molecule has 0 unspecified atom stereocenters. The van der Waals surface area contributed by atoms with Gasteiger partial charge in [0.1, 0.15) is 5.75 Å². The summed E-state index contributed by atoms with van der Waals surface area (Å²) in [5.74, 6) is -0.909. The van der Waals surface area contributed by atoms with Crippen LogP contribution >= 0.6 is 11.6 Å². The summed E-state index contributed by atoms with van der Waals surface area (Å²) in [4.78, 5) is 54.3. The molecule has 1 aromatic heterocycles. The van der Waals surface area contributed by atoms with Crippen LogP contribution in [0, 0.1) is 5.92 Å². The van der Waals surface area contributed by atoms with Gasteiger partial charge in [0, 0.05) is 11.2 Å². The number of hydrogen-bond donors (Lipinski definition) is 3. The van der Waals surface area contributed by atoms with Crippen LogP contribution in [-0.2, 0) is 11.2 Å². The molecule has 4 rings (SSSR count). The molecule has 3 amide bonds. The third-order valence-corrected chi connectivity index (χ3v) is 6.74. The molecular weight excluding hydrogens is 550 g/mol. The van der Waals surface area contributed by atoms with E-state index in [9.17, 15) is 19.5 Å². The molecule has 3 N–H and O–H groups in total. The Morgan fingerprint density at radius 1 is 1.17 bits per heavy atom. The fourth-order valence-corrected chi connectivity index (χ4v) is 4.54. The Kier molecular flexibility index (Phi) is 9.75. The van der Waals surface area contributed by atoms with E-state index in [1.807, 2.05) is 25.1 Å². The lowest BCUT2D eigenvalue weighted by molar-refractivity contribution is -0.131. The third kappa shape index (κ3) is 7.52. The number of rotatable bonds is 9. The van der Waals surface area contributed by atoms with Gasteiger partial charge in [-0.3, -0.25) is 19.7 Å². The number of hydrogen-bond acceptors (Lipinski definition) is 8. The highest BCUT2D eigenvalue weighted by Crippen LogP contribution is 2.27. The van der Waals surface area contributed by atoms with E-state index in [1.165, 1.54) is 25.4 Å². The minimum Gasteiger partial charge on any atom is -0.496 e. The number of urea groups is 1. The number of aromatic nitrogens is 1. The lowest BCUT2D eigenvalue weighted by atomic mass is 9.97. The Morgan fingerprint density at radius 2 is 1.95 bits per heavy atom. The summed E-state index contributed by atoms with van der Waals surface area (Å²) >= 11 is 6.21. The number of methoxy groups -OCH3 is 1. The molecule has 0 saturated carbocycles. The lowest BCUT2D eigenvalue weighted by Gasteiger charge is -2.26. The second-order valence-corrected chi connectivity index (χ2v) is 9.71. The van der Waals surface area contributed by atoms with Gasteiger partial charge in [-0.15, -0.1) is 0 Å². The smallest absolute Gasteiger partial charge is 0.335 e. The predicted octanol–water partition coefficient (Wildman–Crippen LogP) is 4.29. The van der Waals surface area contributed by atoms with Crippen molar-refractivity contribution in [3.63, 3.8) is 0 Å². The van der Waals surface area contributed by atoms with Gasteiger partial charge < -0.3 is 20.0 Å². The number of amides is 3. The standard InChI is InChI=1S/C29H30ClN5O6/c1-3-23(24-15-18(28(37)38)11-12-31-24)33-29(39)35-17-26(34-41-22-7-5-4-6-8-22)32-16-20(27(35)36)13-19-14-21(30)9-10-25(19)40-2/h4-12,14-15,20,23H,3,13,16-17H2,1-2H3,(H,32,34)(H,33,39)(H,37,38)/t20-,23-/m1/s1. The molecular formula is C29H30ClN5O6. The first-order valence-corrected chi connectivity index (χ1v) is 13.3. The summed E-state index contributed by atoms with van der Waals surface area (Å²) in [6.45, 7) is 1.72. The molecule has 214 valence electrons. The van der Waals surface area contributed by atoms with Gasteiger partial charge >= 0.3 is 12.0 Å². The summed E-state index contributed by atoms with van der Waals surface area (Å²) < 4.78 is 5.45. The molecule has 41 heavy (non-hydrogen) atoms. The number of nitrogens with one attached hydrogen (secondary N) is 2. The Balaban J connectivity index is 1.59. The normalized spacial score (nSPS) is 15.8. The zero-order valence-corrected chi connectivity index (χ0v) is 23.3. The number of para-hydroxylation sites is 1. The third-order valence-electron chi connectivity index (χ3n) is 6.50. The second kappa shape index (κ2) is 13.6. The molecule has 2 atom stereocenters. The zero-order chi connectivity index (χ0) is 29.4. The van der Waals surface area contributed by atoms with Crippen molar-refractivity contribution < 1.29 is 29.1 Å². The molecule has 0 saturated heterocycles. The van der Waals surface area contributed by atoms with Crippen LogP contribution in [0.5, 0.6) is 11.5 Å². The maximum Gasteiger partial charge on any atom is 0.335 e. The minimum atomic E-state index is -1.11. The quantitative estimate of drug-likeness (QED) is 0.319. The van der Waals surface area contributed by atoms with Gasteiger partial charge in [-0.25, -0.2) is 15.1 Å². The SMILES string of the molecule is CC[C@@H](NC(=O)N1CC(NOc2ccccc2)=NC[C@@H](Cc2cc(Cl)ccc2OC)C1=O)c1cc(C(=O)O)ccn1. The number of halogens is 1. The molecule has 0 aliphatic carbocycles. The number of hydroxylamine groups is 1. The van der Waals surface area contributed by atoms with Gasteiger partial charge in [0.2, 0.25) is 5.91 Å². The molecule has 11 nitrogen and oxygen atoms in total. The summed E-state index contributed by atoms with van der Waals surface area (Å²) in [6.07, 6.45) is 2.00. The van der Waals surface area contributed by atoms with Crippen molar-refractivity contribution in [2.75, 3.05) is 20.2 Å². The molecule has 3 aromatic rings. The maximum atomic E-state index is 13.8. The molecule has 0 spiro atoms. The van der Waals surface area contributed by atoms with E-state index in [4.69, 9.17) is 21.2 Å². The number of carboxylic acid groups (broad SMARTS) is 1. The van der Waals surface area contributed by atoms with Gasteiger partial charge in [0.05, 0.1) is 43.4 Å². The van der Waals surface area contributed by atoms with E-state index in [2.05, 4.69) is 20.8 Å². The molecule has 0 radical (unpaired) electrons. The van der Waals surface area contributed by atoms with Crippen molar-refractivity contribution in [1.82, 2.24) is 20.7 Å². The largest absolute Gasteiger partial charge is 0.496 e. The molecule has 0 fully saturated rings. The Bertz CT molecular complexity index is 1430. The predicted molar refractivity (Wildman–Crippen MR) is 152 cm³/mol. The topological polar surface area (TPSA) is 142 Å². The number of pyridine rings is 1. The van der Waals surface area contributed by atoms with Crippen molar-refractivity contribution in [3.8, 4) is 11.5 Å². The molecule has 1 aliphatic heterocycles. The lowest BCUT2D eigenvalue weighted by Crippen LogP contribution is -2.50. The summed E-state index contributed by atoms with van der Waals surface area (Å²) in [5.41, 5.74) is 3.88. The van der Waals surface area contributed by atoms with E-state index in [0.29, 0.717) is 34.2 Å². The number of amidine groups is 1. The van der Waals surface area contributed by atoms with Crippen LogP contribution in [0.15, 0.2) is 71.9 Å². The number of imide groups is 1. The number of carbonyl (C=O) groups is 3. The summed E-state index contributed by atoms with van der Waals surface area (Å²) in [6, 6.07) is 15.5. The maximum absolute atomic E-state index is 13.8. The van der Waals surface area contributed by atoms with Crippen molar-refractivity contribution in [1.29, 1.82) is 0 Å². The van der Waals surface area contributed by atoms with E-state index < -0.39 is 29.9 Å². The zero-order valence-electron chi connectivity index (χ0n) is 22.5. The monoisotopic (exact) mass is 579 g/mol. The average Bonchev–Trinajstić information content (AvgIpc) is 3.14. The highest BCUT2D eigenvalue weighted by molar-refractivity contribution is 6.30. The number of carbonyl (C=O) groups excluding carboxylic acids is 2. The summed E-state index contributed by atoms with van der Waals surface area (Å²) in [5, 5.41) is 12.7. The Morgan fingerprint density at radius 3 is 2.66 bits per heavy atom. The van der Waals surface area contributed by atoms with Crippen molar-refractivity contribution in [2.24, 2.45) is 10.9 Å².